The highest BCUT2D eigenvalue weighted by atomic mass is 28.4. The molecule has 2 aliphatic heterocycles. The smallest absolute Gasteiger partial charge is 0.192 e. The summed E-state index contributed by atoms with van der Waals surface area (Å²) in [7, 11) is -1.83. The summed E-state index contributed by atoms with van der Waals surface area (Å²) in [4.78, 5) is 0. The highest BCUT2D eigenvalue weighted by Crippen LogP contribution is 2.40. The molecule has 0 aromatic heterocycles. The van der Waals surface area contributed by atoms with Gasteiger partial charge in [0.15, 0.2) is 20.4 Å². The summed E-state index contributed by atoms with van der Waals surface area (Å²) < 4.78 is 23.2. The van der Waals surface area contributed by atoms with E-state index in [0.29, 0.717) is 6.61 Å². The third-order valence-electron chi connectivity index (χ3n) is 4.54. The predicted molar refractivity (Wildman–Crippen MR) is 77.9 cm³/mol. The van der Waals surface area contributed by atoms with Crippen molar-refractivity contribution in [1.82, 2.24) is 0 Å². The van der Waals surface area contributed by atoms with E-state index in [1.54, 1.807) is 0 Å². The molecular formula is C14H28O5Si. The van der Waals surface area contributed by atoms with E-state index in [4.69, 9.17) is 18.6 Å². The van der Waals surface area contributed by atoms with E-state index in [0.717, 1.165) is 0 Å². The zero-order valence-electron chi connectivity index (χ0n) is 13.6. The molecule has 2 saturated heterocycles. The van der Waals surface area contributed by atoms with Crippen molar-refractivity contribution in [3.8, 4) is 0 Å². The van der Waals surface area contributed by atoms with E-state index in [1.165, 1.54) is 0 Å². The lowest BCUT2D eigenvalue weighted by Gasteiger charge is -2.37. The molecule has 0 aromatic rings. The molecule has 2 heterocycles. The first-order chi connectivity index (χ1) is 8.93. The first kappa shape index (κ1) is 16.4. The number of fused-ring (bicyclic) bond motifs is 1. The number of ether oxygens (including phenoxy) is 3. The van der Waals surface area contributed by atoms with Crippen molar-refractivity contribution in [3.63, 3.8) is 0 Å². The molecule has 4 atom stereocenters. The zero-order chi connectivity index (χ0) is 15.3. The lowest BCUT2D eigenvalue weighted by molar-refractivity contribution is -0.222. The van der Waals surface area contributed by atoms with Gasteiger partial charge in [0.2, 0.25) is 0 Å². The molecule has 118 valence electrons. The summed E-state index contributed by atoms with van der Waals surface area (Å²) in [5.41, 5.74) is 0. The Labute approximate surface area is 122 Å². The van der Waals surface area contributed by atoms with Gasteiger partial charge in [-0.3, -0.25) is 0 Å². The molecule has 5 nitrogen and oxygen atoms in total. The van der Waals surface area contributed by atoms with Crippen LogP contribution < -0.4 is 0 Å². The minimum absolute atomic E-state index is 0.149. The van der Waals surface area contributed by atoms with E-state index in [9.17, 15) is 5.11 Å². The van der Waals surface area contributed by atoms with E-state index >= 15 is 0 Å². The largest absolute Gasteiger partial charge is 0.414 e. The van der Waals surface area contributed by atoms with Gasteiger partial charge in [-0.1, -0.05) is 20.8 Å². The summed E-state index contributed by atoms with van der Waals surface area (Å²) in [6, 6.07) is 0. The van der Waals surface area contributed by atoms with Gasteiger partial charge in [0.05, 0.1) is 6.61 Å². The lowest BCUT2D eigenvalue weighted by Crippen LogP contribution is -2.44. The van der Waals surface area contributed by atoms with Gasteiger partial charge in [-0.15, -0.1) is 0 Å². The number of rotatable bonds is 3. The molecule has 0 amide bonds. The van der Waals surface area contributed by atoms with Crippen LogP contribution >= 0.6 is 0 Å². The summed E-state index contributed by atoms with van der Waals surface area (Å²) in [6.45, 7) is 15.1. The van der Waals surface area contributed by atoms with Crippen molar-refractivity contribution >= 4 is 8.32 Å². The van der Waals surface area contributed by atoms with Crippen molar-refractivity contribution in [2.75, 3.05) is 6.61 Å². The molecule has 2 rings (SSSR count). The van der Waals surface area contributed by atoms with Crippen molar-refractivity contribution in [1.29, 1.82) is 0 Å². The molecule has 0 radical (unpaired) electrons. The Kier molecular flexibility index (Phi) is 4.13. The Morgan fingerprint density at radius 3 is 2.25 bits per heavy atom. The van der Waals surface area contributed by atoms with Crippen LogP contribution in [0.3, 0.4) is 0 Å². The second-order valence-electron chi connectivity index (χ2n) is 7.70. The summed E-state index contributed by atoms with van der Waals surface area (Å²) in [5, 5.41) is 10.1. The molecule has 2 aliphatic rings. The van der Waals surface area contributed by atoms with Crippen LogP contribution in [0, 0.1) is 0 Å². The van der Waals surface area contributed by atoms with E-state index in [2.05, 4.69) is 33.9 Å². The fourth-order valence-electron chi connectivity index (χ4n) is 2.30. The van der Waals surface area contributed by atoms with Gasteiger partial charge >= 0.3 is 0 Å². The first-order valence-corrected chi connectivity index (χ1v) is 10.2. The number of aliphatic hydroxyl groups is 1. The van der Waals surface area contributed by atoms with Crippen LogP contribution in [0.25, 0.3) is 0 Å². The number of hydrogen-bond donors (Lipinski definition) is 1. The van der Waals surface area contributed by atoms with Gasteiger partial charge in [0.25, 0.3) is 0 Å². The number of hydrogen-bond acceptors (Lipinski definition) is 5. The summed E-state index contributed by atoms with van der Waals surface area (Å²) >= 11 is 0. The Bertz CT molecular complexity index is 363. The molecule has 6 heteroatoms. The van der Waals surface area contributed by atoms with Gasteiger partial charge < -0.3 is 23.7 Å². The Balaban J connectivity index is 1.98. The van der Waals surface area contributed by atoms with Crippen LogP contribution in [0.2, 0.25) is 18.1 Å². The minimum atomic E-state index is -1.83. The average molecular weight is 304 g/mol. The average Bonchev–Trinajstić information content (AvgIpc) is 2.70. The Morgan fingerprint density at radius 2 is 1.70 bits per heavy atom. The van der Waals surface area contributed by atoms with Crippen molar-refractivity contribution in [2.45, 2.75) is 83.1 Å². The maximum Gasteiger partial charge on any atom is 0.192 e. The minimum Gasteiger partial charge on any atom is -0.414 e. The maximum atomic E-state index is 9.92. The molecule has 0 bridgehead atoms. The molecule has 0 saturated carbocycles. The van der Waals surface area contributed by atoms with Crippen molar-refractivity contribution in [2.24, 2.45) is 0 Å². The fraction of sp³-hybridized carbons (Fsp3) is 1.00. The third-order valence-corrected chi connectivity index (χ3v) is 9.04. The molecule has 20 heavy (non-hydrogen) atoms. The number of aliphatic hydroxyl groups excluding tert-OH is 1. The second-order valence-corrected chi connectivity index (χ2v) is 12.5. The van der Waals surface area contributed by atoms with Gasteiger partial charge in [0, 0.05) is 0 Å². The molecule has 2 unspecified atom stereocenters. The zero-order valence-corrected chi connectivity index (χ0v) is 14.6. The van der Waals surface area contributed by atoms with Crippen LogP contribution in [0.1, 0.15) is 34.6 Å². The maximum absolute atomic E-state index is 9.92. The molecule has 1 N–H and O–H groups in total. The van der Waals surface area contributed by atoms with Gasteiger partial charge in [0.1, 0.15) is 18.3 Å². The molecule has 0 aromatic carbocycles. The van der Waals surface area contributed by atoms with E-state index in [1.807, 2.05) is 13.8 Å². The fourth-order valence-corrected chi connectivity index (χ4v) is 3.31. The van der Waals surface area contributed by atoms with Crippen LogP contribution in [0.15, 0.2) is 0 Å². The SMILES string of the molecule is CC1(C)OC2[C@H](O1)C(O)O[C@H]2CO[Si](C)(C)C(C)(C)C. The third kappa shape index (κ3) is 3.10. The Hall–Kier alpha value is 0.0169. The van der Waals surface area contributed by atoms with Crippen LogP contribution in [0.4, 0.5) is 0 Å². The molecule has 0 spiro atoms. The van der Waals surface area contributed by atoms with E-state index in [-0.39, 0.29) is 17.2 Å². The van der Waals surface area contributed by atoms with Crippen LogP contribution in [-0.4, -0.2) is 50.4 Å². The predicted octanol–water partition coefficient (Wildman–Crippen LogP) is 2.25. The van der Waals surface area contributed by atoms with Gasteiger partial charge in [-0.2, -0.15) is 0 Å². The molecule has 0 aliphatic carbocycles. The van der Waals surface area contributed by atoms with Crippen molar-refractivity contribution in [3.05, 3.63) is 0 Å². The lowest BCUT2D eigenvalue weighted by atomic mass is 10.1. The summed E-state index contributed by atoms with van der Waals surface area (Å²) in [6.07, 6.45) is -1.89. The first-order valence-electron chi connectivity index (χ1n) is 7.26. The van der Waals surface area contributed by atoms with Gasteiger partial charge in [-0.05, 0) is 32.0 Å². The topological polar surface area (TPSA) is 57.2 Å². The highest BCUT2D eigenvalue weighted by Gasteiger charge is 2.55. The quantitative estimate of drug-likeness (QED) is 0.810. The second kappa shape index (κ2) is 5.03. The standard InChI is InChI=1S/C14H28O5Si/c1-13(2,3)20(6,7)16-8-9-10-11(12(15)17-9)19-14(4,5)18-10/h9-12,15H,8H2,1-7H3/t9-,10?,11-,12?/m0/s1. The summed E-state index contributed by atoms with van der Waals surface area (Å²) in [5.74, 6) is -0.671. The Morgan fingerprint density at radius 1 is 1.15 bits per heavy atom. The van der Waals surface area contributed by atoms with E-state index < -0.39 is 26.5 Å². The molecular weight excluding hydrogens is 276 g/mol. The van der Waals surface area contributed by atoms with Crippen LogP contribution in [0.5, 0.6) is 0 Å². The monoisotopic (exact) mass is 304 g/mol. The molecule has 2 fully saturated rings. The highest BCUT2D eigenvalue weighted by molar-refractivity contribution is 6.74. The van der Waals surface area contributed by atoms with Crippen LogP contribution in [-0.2, 0) is 18.6 Å². The normalized spacial score (nSPS) is 37.2. The van der Waals surface area contributed by atoms with Gasteiger partial charge in [-0.25, -0.2) is 0 Å². The van der Waals surface area contributed by atoms with Crippen molar-refractivity contribution < 1.29 is 23.7 Å².